The van der Waals surface area contributed by atoms with Crippen LogP contribution in [0.3, 0.4) is 0 Å². The summed E-state index contributed by atoms with van der Waals surface area (Å²) < 4.78 is 4.60. The predicted octanol–water partition coefficient (Wildman–Crippen LogP) is 0.910. The zero-order valence-electron chi connectivity index (χ0n) is 9.53. The van der Waals surface area contributed by atoms with Crippen LogP contribution in [0.15, 0.2) is 0 Å². The lowest BCUT2D eigenvalue weighted by Crippen LogP contribution is -2.40. The molecule has 0 N–H and O–H groups in total. The second kappa shape index (κ2) is 5.62. The first-order valence-corrected chi connectivity index (χ1v) is 4.78. The highest BCUT2D eigenvalue weighted by molar-refractivity contribution is 5.97. The summed E-state index contributed by atoms with van der Waals surface area (Å²) in [6, 6.07) is 0. The van der Waals surface area contributed by atoms with Gasteiger partial charge in [0.05, 0.1) is 7.11 Å². The van der Waals surface area contributed by atoms with Gasteiger partial charge in [-0.15, -0.1) is 0 Å². The van der Waals surface area contributed by atoms with E-state index >= 15 is 0 Å². The molecule has 0 saturated carbocycles. The molecule has 0 aliphatic carbocycles. The van der Waals surface area contributed by atoms with Gasteiger partial charge in [0.2, 0.25) is 5.91 Å². The molecule has 1 atom stereocenters. The zero-order chi connectivity index (χ0) is 11.3. The molecule has 4 nitrogen and oxygen atoms in total. The molecule has 1 amide bonds. The molecule has 0 aromatic rings. The minimum absolute atomic E-state index is 0.0380. The van der Waals surface area contributed by atoms with Crippen LogP contribution >= 0.6 is 0 Å². The maximum Gasteiger partial charge on any atom is 0.318 e. The Balaban J connectivity index is 4.66. The first kappa shape index (κ1) is 12.9. The lowest BCUT2D eigenvalue weighted by molar-refractivity contribution is -0.155. The smallest absolute Gasteiger partial charge is 0.318 e. The normalized spacial score (nSPS) is 12.4. The van der Waals surface area contributed by atoms with E-state index in [-0.39, 0.29) is 11.8 Å². The first-order valence-electron chi connectivity index (χ1n) is 4.78. The van der Waals surface area contributed by atoms with Crippen LogP contribution in [0.25, 0.3) is 0 Å². The number of esters is 1. The Morgan fingerprint density at radius 3 is 2.14 bits per heavy atom. The molecule has 0 spiro atoms. The number of carbonyl (C=O) groups excluding carboxylic acids is 2. The molecule has 0 fully saturated rings. The number of hydrogen-bond donors (Lipinski definition) is 0. The third-order valence-electron chi connectivity index (χ3n) is 2.24. The van der Waals surface area contributed by atoms with E-state index in [9.17, 15) is 9.59 Å². The van der Waals surface area contributed by atoms with Gasteiger partial charge in [-0.3, -0.25) is 9.59 Å². The standard InChI is InChI=1S/C10H19NO3/c1-6-11(4)9(12)8(7(2)3)10(13)14-5/h7-8H,6H2,1-5H3. The molecule has 0 bridgehead atoms. The number of methoxy groups -OCH3 is 1. The lowest BCUT2D eigenvalue weighted by atomic mass is 9.94. The van der Waals surface area contributed by atoms with Crippen molar-refractivity contribution < 1.29 is 14.3 Å². The van der Waals surface area contributed by atoms with E-state index in [4.69, 9.17) is 0 Å². The molecular weight excluding hydrogens is 182 g/mol. The maximum atomic E-state index is 11.7. The van der Waals surface area contributed by atoms with Gasteiger partial charge in [0.1, 0.15) is 5.92 Å². The third kappa shape index (κ3) is 3.01. The van der Waals surface area contributed by atoms with Gasteiger partial charge in [0.25, 0.3) is 0 Å². The number of nitrogens with zero attached hydrogens (tertiary/aromatic N) is 1. The molecule has 14 heavy (non-hydrogen) atoms. The highest BCUT2D eigenvalue weighted by Crippen LogP contribution is 2.15. The second-order valence-electron chi connectivity index (χ2n) is 3.60. The van der Waals surface area contributed by atoms with Gasteiger partial charge < -0.3 is 9.64 Å². The molecule has 0 heterocycles. The molecular formula is C10H19NO3. The summed E-state index contributed by atoms with van der Waals surface area (Å²) in [5.41, 5.74) is 0. The minimum atomic E-state index is -0.676. The van der Waals surface area contributed by atoms with E-state index in [1.807, 2.05) is 20.8 Å². The van der Waals surface area contributed by atoms with Crippen LogP contribution in [0, 0.1) is 11.8 Å². The summed E-state index contributed by atoms with van der Waals surface area (Å²) in [5, 5.41) is 0. The number of rotatable bonds is 4. The van der Waals surface area contributed by atoms with E-state index in [0.717, 1.165) is 0 Å². The van der Waals surface area contributed by atoms with Crippen molar-refractivity contribution in [1.29, 1.82) is 0 Å². The number of amides is 1. The summed E-state index contributed by atoms with van der Waals surface area (Å²) in [7, 11) is 2.98. The number of hydrogen-bond acceptors (Lipinski definition) is 3. The van der Waals surface area contributed by atoms with Gasteiger partial charge in [-0.1, -0.05) is 13.8 Å². The summed E-state index contributed by atoms with van der Waals surface area (Å²) in [4.78, 5) is 24.6. The van der Waals surface area contributed by atoms with Crippen LogP contribution < -0.4 is 0 Å². The Hall–Kier alpha value is -1.06. The molecule has 82 valence electrons. The predicted molar refractivity (Wildman–Crippen MR) is 53.7 cm³/mol. The van der Waals surface area contributed by atoms with Gasteiger partial charge >= 0.3 is 5.97 Å². The number of ether oxygens (including phenoxy) is 1. The second-order valence-corrected chi connectivity index (χ2v) is 3.60. The summed E-state index contributed by atoms with van der Waals surface area (Å²) in [6.07, 6.45) is 0. The summed E-state index contributed by atoms with van der Waals surface area (Å²) in [6.45, 7) is 6.14. The molecule has 0 radical (unpaired) electrons. The van der Waals surface area contributed by atoms with E-state index in [1.54, 1.807) is 7.05 Å². The Bertz CT molecular complexity index is 213. The molecule has 0 aromatic carbocycles. The lowest BCUT2D eigenvalue weighted by Gasteiger charge is -2.23. The summed E-state index contributed by atoms with van der Waals surface area (Å²) in [5.74, 6) is -1.34. The topological polar surface area (TPSA) is 46.6 Å². The largest absolute Gasteiger partial charge is 0.468 e. The van der Waals surface area contributed by atoms with Gasteiger partial charge in [0.15, 0.2) is 0 Å². The quantitative estimate of drug-likeness (QED) is 0.501. The fourth-order valence-corrected chi connectivity index (χ4v) is 1.18. The average molecular weight is 201 g/mol. The average Bonchev–Trinajstić information content (AvgIpc) is 2.15. The van der Waals surface area contributed by atoms with E-state index in [2.05, 4.69) is 4.74 Å². The molecule has 0 rings (SSSR count). The fourth-order valence-electron chi connectivity index (χ4n) is 1.18. The Kier molecular flexibility index (Phi) is 5.20. The van der Waals surface area contributed by atoms with Gasteiger partial charge in [0, 0.05) is 13.6 Å². The van der Waals surface area contributed by atoms with Crippen LogP contribution in [-0.2, 0) is 14.3 Å². The van der Waals surface area contributed by atoms with Crippen molar-refractivity contribution in [3.63, 3.8) is 0 Å². The molecule has 0 aliphatic rings. The fraction of sp³-hybridized carbons (Fsp3) is 0.800. The van der Waals surface area contributed by atoms with Crippen molar-refractivity contribution in [3.8, 4) is 0 Å². The molecule has 0 aromatic heterocycles. The SMILES string of the molecule is CCN(C)C(=O)C(C(=O)OC)C(C)C. The van der Waals surface area contributed by atoms with E-state index in [0.29, 0.717) is 6.54 Å². The molecule has 0 aliphatic heterocycles. The Morgan fingerprint density at radius 2 is 1.86 bits per heavy atom. The van der Waals surface area contributed by atoms with Crippen molar-refractivity contribution in [1.82, 2.24) is 4.90 Å². The van der Waals surface area contributed by atoms with Crippen LogP contribution in [0.4, 0.5) is 0 Å². The van der Waals surface area contributed by atoms with Crippen LogP contribution in [0.2, 0.25) is 0 Å². The highest BCUT2D eigenvalue weighted by Gasteiger charge is 2.32. The van der Waals surface area contributed by atoms with Crippen molar-refractivity contribution in [2.75, 3.05) is 20.7 Å². The monoisotopic (exact) mass is 201 g/mol. The Labute approximate surface area is 85.2 Å². The van der Waals surface area contributed by atoms with Crippen LogP contribution in [0.1, 0.15) is 20.8 Å². The first-order chi connectivity index (χ1) is 6.45. The van der Waals surface area contributed by atoms with Gasteiger partial charge in [-0.05, 0) is 12.8 Å². The van der Waals surface area contributed by atoms with Gasteiger partial charge in [-0.25, -0.2) is 0 Å². The van der Waals surface area contributed by atoms with Crippen molar-refractivity contribution in [3.05, 3.63) is 0 Å². The Morgan fingerprint density at radius 1 is 1.36 bits per heavy atom. The molecule has 0 saturated heterocycles. The zero-order valence-corrected chi connectivity index (χ0v) is 9.53. The summed E-state index contributed by atoms with van der Waals surface area (Å²) >= 11 is 0. The maximum absolute atomic E-state index is 11.7. The van der Waals surface area contributed by atoms with Crippen molar-refractivity contribution in [2.24, 2.45) is 11.8 Å². The van der Waals surface area contributed by atoms with E-state index in [1.165, 1.54) is 12.0 Å². The van der Waals surface area contributed by atoms with Crippen LogP contribution in [0.5, 0.6) is 0 Å². The number of carbonyl (C=O) groups is 2. The molecule has 4 heteroatoms. The molecule has 1 unspecified atom stereocenters. The highest BCUT2D eigenvalue weighted by atomic mass is 16.5. The van der Waals surface area contributed by atoms with E-state index < -0.39 is 11.9 Å². The van der Waals surface area contributed by atoms with Crippen molar-refractivity contribution in [2.45, 2.75) is 20.8 Å². The van der Waals surface area contributed by atoms with Crippen molar-refractivity contribution >= 4 is 11.9 Å². The van der Waals surface area contributed by atoms with Gasteiger partial charge in [-0.2, -0.15) is 0 Å². The van der Waals surface area contributed by atoms with Crippen LogP contribution in [-0.4, -0.2) is 37.5 Å². The minimum Gasteiger partial charge on any atom is -0.468 e. The third-order valence-corrected chi connectivity index (χ3v) is 2.24.